The van der Waals surface area contributed by atoms with Gasteiger partial charge in [-0.15, -0.1) is 11.3 Å². The molecule has 0 atom stereocenters. The second-order valence-electron chi connectivity index (χ2n) is 4.75. The highest BCUT2D eigenvalue weighted by Gasteiger charge is 2.17. The number of aliphatic hydroxyl groups is 1. The molecule has 5 heteroatoms. The van der Waals surface area contributed by atoms with Crippen LogP contribution in [0.1, 0.15) is 12.8 Å². The van der Waals surface area contributed by atoms with Crippen LogP contribution in [-0.2, 0) is 6.67 Å². The fourth-order valence-electron chi connectivity index (χ4n) is 2.41. The van der Waals surface area contributed by atoms with Crippen molar-refractivity contribution in [2.45, 2.75) is 25.6 Å². The number of thiazole rings is 1. The van der Waals surface area contributed by atoms with E-state index in [1.54, 1.807) is 11.3 Å². The van der Waals surface area contributed by atoms with Crippen molar-refractivity contribution in [2.24, 2.45) is 0 Å². The van der Waals surface area contributed by atoms with Crippen LogP contribution in [0.25, 0.3) is 10.2 Å². The van der Waals surface area contributed by atoms with E-state index in [2.05, 4.69) is 33.7 Å². The molecule has 18 heavy (non-hydrogen) atoms. The van der Waals surface area contributed by atoms with Crippen LogP contribution in [-0.4, -0.2) is 33.8 Å². The lowest BCUT2D eigenvalue weighted by atomic mass is 10.1. The van der Waals surface area contributed by atoms with E-state index in [1.807, 2.05) is 0 Å². The van der Waals surface area contributed by atoms with Crippen LogP contribution in [0.4, 0.5) is 0 Å². The fraction of sp³-hybridized carbons (Fsp3) is 0.462. The van der Waals surface area contributed by atoms with Crippen LogP contribution in [0.2, 0.25) is 0 Å². The van der Waals surface area contributed by atoms with E-state index in [-0.39, 0.29) is 6.10 Å². The molecule has 0 saturated carbocycles. The standard InChI is InChI=1S/C13H16N2OS2/c16-10-5-7-14(8-6-10)9-15-11-3-1-2-4-12(11)18-13(15)17/h1-4,10,16H,5-9H2. The van der Waals surface area contributed by atoms with Crippen LogP contribution >= 0.6 is 23.6 Å². The molecule has 3 nitrogen and oxygen atoms in total. The first-order valence-electron chi connectivity index (χ1n) is 6.23. The number of aromatic nitrogens is 1. The number of benzene rings is 1. The van der Waals surface area contributed by atoms with Crippen molar-refractivity contribution in [3.05, 3.63) is 28.2 Å². The van der Waals surface area contributed by atoms with E-state index >= 15 is 0 Å². The zero-order valence-electron chi connectivity index (χ0n) is 10.1. The molecule has 3 rings (SSSR count). The molecule has 2 heterocycles. The highest BCUT2D eigenvalue weighted by atomic mass is 32.1. The molecule has 0 spiro atoms. The van der Waals surface area contributed by atoms with E-state index in [4.69, 9.17) is 12.2 Å². The number of fused-ring (bicyclic) bond motifs is 1. The number of nitrogens with zero attached hydrogens (tertiary/aromatic N) is 2. The van der Waals surface area contributed by atoms with E-state index in [9.17, 15) is 5.11 Å². The summed E-state index contributed by atoms with van der Waals surface area (Å²) in [6, 6.07) is 8.35. The summed E-state index contributed by atoms with van der Waals surface area (Å²) in [5, 5.41) is 9.53. The van der Waals surface area contributed by atoms with Crippen molar-refractivity contribution in [1.29, 1.82) is 0 Å². The van der Waals surface area contributed by atoms with Gasteiger partial charge in [-0.25, -0.2) is 0 Å². The number of rotatable bonds is 2. The van der Waals surface area contributed by atoms with E-state index in [0.717, 1.165) is 36.6 Å². The third-order valence-corrected chi connectivity index (χ3v) is 4.90. The monoisotopic (exact) mass is 280 g/mol. The lowest BCUT2D eigenvalue weighted by molar-refractivity contribution is 0.0687. The van der Waals surface area contributed by atoms with Gasteiger partial charge in [0, 0.05) is 13.1 Å². The molecule has 1 aromatic carbocycles. The normalized spacial score (nSPS) is 18.5. The van der Waals surface area contributed by atoms with Crippen LogP contribution in [0.5, 0.6) is 0 Å². The number of para-hydroxylation sites is 1. The quantitative estimate of drug-likeness (QED) is 0.858. The van der Waals surface area contributed by atoms with Gasteiger partial charge in [-0.1, -0.05) is 12.1 Å². The molecule has 1 fully saturated rings. The van der Waals surface area contributed by atoms with E-state index in [1.165, 1.54) is 10.2 Å². The highest BCUT2D eigenvalue weighted by molar-refractivity contribution is 7.73. The predicted molar refractivity (Wildman–Crippen MR) is 77.5 cm³/mol. The Balaban J connectivity index is 1.86. The second kappa shape index (κ2) is 5.09. The first-order chi connectivity index (χ1) is 8.74. The summed E-state index contributed by atoms with van der Waals surface area (Å²) < 4.78 is 4.38. The molecule has 1 N–H and O–H groups in total. The van der Waals surface area contributed by atoms with Gasteiger partial charge in [0.1, 0.15) is 0 Å². The largest absolute Gasteiger partial charge is 0.393 e. The Morgan fingerprint density at radius 3 is 2.78 bits per heavy atom. The topological polar surface area (TPSA) is 28.4 Å². The Hall–Kier alpha value is -0.750. The number of aliphatic hydroxyl groups excluding tert-OH is 1. The highest BCUT2D eigenvalue weighted by Crippen LogP contribution is 2.23. The molecule has 2 aromatic rings. The number of hydrogen-bond acceptors (Lipinski definition) is 4. The van der Waals surface area contributed by atoms with Crippen molar-refractivity contribution in [1.82, 2.24) is 9.47 Å². The first kappa shape index (κ1) is 12.3. The van der Waals surface area contributed by atoms with Crippen molar-refractivity contribution >= 4 is 33.8 Å². The summed E-state index contributed by atoms with van der Waals surface area (Å²) in [5.74, 6) is 0. The Bertz CT molecular complexity index is 596. The molecule has 0 aliphatic carbocycles. The molecule has 96 valence electrons. The second-order valence-corrected chi connectivity index (χ2v) is 6.43. The molecule has 1 aromatic heterocycles. The average molecular weight is 280 g/mol. The zero-order valence-corrected chi connectivity index (χ0v) is 11.7. The number of likely N-dealkylation sites (tertiary alicyclic amines) is 1. The SMILES string of the molecule is OC1CCN(Cn2c(=S)sc3ccccc32)CC1. The molecular weight excluding hydrogens is 264 g/mol. The summed E-state index contributed by atoms with van der Waals surface area (Å²) in [4.78, 5) is 2.36. The minimum absolute atomic E-state index is 0.117. The van der Waals surface area contributed by atoms with Gasteiger partial charge in [-0.05, 0) is 37.2 Å². The molecule has 0 amide bonds. The van der Waals surface area contributed by atoms with Gasteiger partial charge in [-0.2, -0.15) is 0 Å². The molecule has 0 unspecified atom stereocenters. The zero-order chi connectivity index (χ0) is 12.5. The lowest BCUT2D eigenvalue weighted by Crippen LogP contribution is -2.36. The van der Waals surface area contributed by atoms with Gasteiger partial charge in [0.2, 0.25) is 0 Å². The van der Waals surface area contributed by atoms with Crippen LogP contribution in [0.15, 0.2) is 24.3 Å². The first-order valence-corrected chi connectivity index (χ1v) is 7.45. The average Bonchev–Trinajstić information content (AvgIpc) is 2.69. The maximum absolute atomic E-state index is 9.53. The maximum Gasteiger partial charge on any atom is 0.163 e. The van der Waals surface area contributed by atoms with Gasteiger partial charge < -0.3 is 9.67 Å². The minimum Gasteiger partial charge on any atom is -0.393 e. The van der Waals surface area contributed by atoms with Crippen LogP contribution in [0.3, 0.4) is 0 Å². The Labute approximate surface area is 115 Å². The third kappa shape index (κ3) is 2.36. The van der Waals surface area contributed by atoms with Crippen molar-refractivity contribution < 1.29 is 5.11 Å². The van der Waals surface area contributed by atoms with E-state index in [0.29, 0.717) is 0 Å². The van der Waals surface area contributed by atoms with Gasteiger partial charge in [-0.3, -0.25) is 4.90 Å². The summed E-state index contributed by atoms with van der Waals surface area (Å²) in [6.45, 7) is 2.75. The molecule has 0 radical (unpaired) electrons. The summed E-state index contributed by atoms with van der Waals surface area (Å²) in [6.07, 6.45) is 1.62. The fourth-order valence-corrected chi connectivity index (χ4v) is 3.72. The summed E-state index contributed by atoms with van der Waals surface area (Å²) in [7, 11) is 0. The maximum atomic E-state index is 9.53. The predicted octanol–water partition coefficient (Wildman–Crippen LogP) is 2.85. The molecular formula is C13H16N2OS2. The van der Waals surface area contributed by atoms with Gasteiger partial charge in [0.05, 0.1) is 23.0 Å². The van der Waals surface area contributed by atoms with E-state index < -0.39 is 0 Å². The number of piperidine rings is 1. The van der Waals surface area contributed by atoms with Crippen molar-refractivity contribution in [3.63, 3.8) is 0 Å². The van der Waals surface area contributed by atoms with Gasteiger partial charge in [0.25, 0.3) is 0 Å². The Morgan fingerprint density at radius 2 is 2.00 bits per heavy atom. The number of hydrogen-bond donors (Lipinski definition) is 1. The molecule has 0 bridgehead atoms. The lowest BCUT2D eigenvalue weighted by Gasteiger charge is -2.29. The Morgan fingerprint density at radius 1 is 1.28 bits per heavy atom. The van der Waals surface area contributed by atoms with Crippen LogP contribution < -0.4 is 0 Å². The molecule has 1 aliphatic heterocycles. The minimum atomic E-state index is -0.117. The third-order valence-electron chi connectivity index (χ3n) is 3.47. The van der Waals surface area contributed by atoms with Crippen molar-refractivity contribution in [3.8, 4) is 0 Å². The smallest absolute Gasteiger partial charge is 0.163 e. The van der Waals surface area contributed by atoms with Crippen molar-refractivity contribution in [2.75, 3.05) is 13.1 Å². The van der Waals surface area contributed by atoms with Crippen LogP contribution in [0, 0.1) is 3.95 Å². The molecule has 1 aliphatic rings. The summed E-state index contributed by atoms with van der Waals surface area (Å²) >= 11 is 7.12. The Kier molecular flexibility index (Phi) is 3.48. The molecule has 1 saturated heterocycles. The van der Waals surface area contributed by atoms with Gasteiger partial charge >= 0.3 is 0 Å². The van der Waals surface area contributed by atoms with Gasteiger partial charge in [0.15, 0.2) is 3.95 Å². The summed E-state index contributed by atoms with van der Waals surface area (Å²) in [5.41, 5.74) is 1.22.